The Hall–Kier alpha value is -2.48. The lowest BCUT2D eigenvalue weighted by molar-refractivity contribution is 0.0950. The largest absolute Gasteiger partial charge is 0.378 e. The van der Waals surface area contributed by atoms with Gasteiger partial charge in [0.2, 0.25) is 5.95 Å². The molecule has 1 saturated heterocycles. The van der Waals surface area contributed by atoms with Crippen LogP contribution in [0, 0.1) is 13.8 Å². The third kappa shape index (κ3) is 3.38. The first-order valence-electron chi connectivity index (χ1n) is 7.98. The lowest BCUT2D eigenvalue weighted by Gasteiger charge is -2.26. The van der Waals surface area contributed by atoms with Crippen molar-refractivity contribution in [1.82, 2.24) is 25.1 Å². The summed E-state index contributed by atoms with van der Waals surface area (Å²) >= 11 is 0. The number of hydrogen-bond donors (Lipinski definition) is 1. The molecule has 2 aromatic heterocycles. The summed E-state index contributed by atoms with van der Waals surface area (Å²) in [5, 5.41) is 7.25. The minimum atomic E-state index is -0.189. The van der Waals surface area contributed by atoms with Crippen molar-refractivity contribution >= 4 is 11.9 Å². The molecule has 128 valence electrons. The highest BCUT2D eigenvalue weighted by atomic mass is 16.5. The molecular formula is C16H22N6O2. The molecule has 0 aromatic carbocycles. The van der Waals surface area contributed by atoms with Gasteiger partial charge in [0.05, 0.1) is 24.5 Å². The molecular weight excluding hydrogens is 308 g/mol. The van der Waals surface area contributed by atoms with Crippen LogP contribution in [0.4, 0.5) is 5.95 Å². The number of nitrogens with one attached hydrogen (secondary N) is 1. The van der Waals surface area contributed by atoms with Crippen LogP contribution in [0.3, 0.4) is 0 Å². The van der Waals surface area contributed by atoms with E-state index in [0.29, 0.717) is 31.3 Å². The smallest absolute Gasteiger partial charge is 0.254 e. The Morgan fingerprint density at radius 1 is 1.25 bits per heavy atom. The lowest BCUT2D eigenvalue weighted by Crippen LogP contribution is -2.37. The summed E-state index contributed by atoms with van der Waals surface area (Å²) < 4.78 is 7.13. The zero-order valence-electron chi connectivity index (χ0n) is 14.2. The molecule has 24 heavy (non-hydrogen) atoms. The third-order valence-corrected chi connectivity index (χ3v) is 4.28. The Labute approximate surface area is 140 Å². The molecule has 0 aliphatic carbocycles. The minimum Gasteiger partial charge on any atom is -0.378 e. The fourth-order valence-electron chi connectivity index (χ4n) is 2.71. The number of morpholine rings is 1. The molecule has 3 rings (SSSR count). The van der Waals surface area contributed by atoms with Crippen LogP contribution in [0.1, 0.15) is 27.3 Å². The van der Waals surface area contributed by atoms with Crippen molar-refractivity contribution in [2.45, 2.75) is 20.4 Å². The SMILES string of the molecule is Cc1nn(C)c(C)c1CNC(=O)c1cnc(N2CCOCC2)nc1. The fourth-order valence-corrected chi connectivity index (χ4v) is 2.71. The number of rotatable bonds is 4. The first-order valence-corrected chi connectivity index (χ1v) is 7.98. The van der Waals surface area contributed by atoms with Crippen molar-refractivity contribution in [2.24, 2.45) is 7.05 Å². The highest BCUT2D eigenvalue weighted by molar-refractivity contribution is 5.93. The molecule has 1 amide bonds. The van der Waals surface area contributed by atoms with Gasteiger partial charge in [-0.2, -0.15) is 5.10 Å². The predicted molar refractivity (Wildman–Crippen MR) is 88.9 cm³/mol. The van der Waals surface area contributed by atoms with Gasteiger partial charge in [0.25, 0.3) is 5.91 Å². The second-order valence-corrected chi connectivity index (χ2v) is 5.83. The summed E-state index contributed by atoms with van der Waals surface area (Å²) in [5.74, 6) is 0.444. The van der Waals surface area contributed by atoms with E-state index in [9.17, 15) is 4.79 Å². The van der Waals surface area contributed by atoms with E-state index in [1.54, 1.807) is 12.4 Å². The molecule has 1 aliphatic rings. The van der Waals surface area contributed by atoms with Gasteiger partial charge < -0.3 is 15.0 Å². The van der Waals surface area contributed by atoms with Crippen LogP contribution in [0.25, 0.3) is 0 Å². The van der Waals surface area contributed by atoms with E-state index in [0.717, 1.165) is 30.0 Å². The molecule has 0 atom stereocenters. The summed E-state index contributed by atoms with van der Waals surface area (Å²) in [4.78, 5) is 22.9. The van der Waals surface area contributed by atoms with Gasteiger partial charge in [0.1, 0.15) is 0 Å². The molecule has 8 heteroatoms. The van der Waals surface area contributed by atoms with E-state index in [1.165, 1.54) is 0 Å². The molecule has 0 bridgehead atoms. The Morgan fingerprint density at radius 3 is 2.50 bits per heavy atom. The van der Waals surface area contributed by atoms with Crippen molar-refractivity contribution < 1.29 is 9.53 Å². The van der Waals surface area contributed by atoms with Gasteiger partial charge in [0.15, 0.2) is 0 Å². The average molecular weight is 330 g/mol. The number of carbonyl (C=O) groups is 1. The van der Waals surface area contributed by atoms with Gasteiger partial charge in [-0.1, -0.05) is 0 Å². The quantitative estimate of drug-likeness (QED) is 0.883. The number of nitrogens with zero attached hydrogens (tertiary/aromatic N) is 5. The van der Waals surface area contributed by atoms with Gasteiger partial charge in [-0.25, -0.2) is 9.97 Å². The van der Waals surface area contributed by atoms with Crippen molar-refractivity contribution in [3.8, 4) is 0 Å². The van der Waals surface area contributed by atoms with Gasteiger partial charge in [-0.05, 0) is 13.8 Å². The van der Waals surface area contributed by atoms with Gasteiger partial charge >= 0.3 is 0 Å². The second-order valence-electron chi connectivity index (χ2n) is 5.83. The summed E-state index contributed by atoms with van der Waals surface area (Å²) in [6.07, 6.45) is 3.13. The third-order valence-electron chi connectivity index (χ3n) is 4.28. The molecule has 0 radical (unpaired) electrons. The number of hydrogen-bond acceptors (Lipinski definition) is 6. The summed E-state index contributed by atoms with van der Waals surface area (Å²) in [5.41, 5.74) is 3.46. The molecule has 1 fully saturated rings. The number of amides is 1. The van der Waals surface area contributed by atoms with Crippen LogP contribution < -0.4 is 10.2 Å². The van der Waals surface area contributed by atoms with Gasteiger partial charge in [-0.3, -0.25) is 9.48 Å². The normalized spacial score (nSPS) is 14.7. The minimum absolute atomic E-state index is 0.189. The van der Waals surface area contributed by atoms with Crippen LogP contribution in [-0.2, 0) is 18.3 Å². The van der Waals surface area contributed by atoms with Crippen molar-refractivity contribution in [1.29, 1.82) is 0 Å². The Morgan fingerprint density at radius 2 is 1.92 bits per heavy atom. The molecule has 0 unspecified atom stereocenters. The van der Waals surface area contributed by atoms with Gasteiger partial charge in [0, 0.05) is 50.3 Å². The fraction of sp³-hybridized carbons (Fsp3) is 0.500. The topological polar surface area (TPSA) is 85.2 Å². The van der Waals surface area contributed by atoms with Crippen molar-refractivity contribution in [3.63, 3.8) is 0 Å². The maximum absolute atomic E-state index is 12.3. The van der Waals surface area contributed by atoms with Crippen LogP contribution in [0.5, 0.6) is 0 Å². The summed E-state index contributed by atoms with van der Waals surface area (Å²) in [6, 6.07) is 0. The van der Waals surface area contributed by atoms with Crippen molar-refractivity contribution in [3.05, 3.63) is 34.9 Å². The van der Waals surface area contributed by atoms with E-state index in [1.807, 2.05) is 30.5 Å². The van der Waals surface area contributed by atoms with Gasteiger partial charge in [-0.15, -0.1) is 0 Å². The zero-order chi connectivity index (χ0) is 17.1. The molecule has 1 aliphatic heterocycles. The molecule has 0 saturated carbocycles. The van der Waals surface area contributed by atoms with Crippen LogP contribution in [0.2, 0.25) is 0 Å². The number of aryl methyl sites for hydroxylation is 2. The van der Waals surface area contributed by atoms with E-state index in [-0.39, 0.29) is 5.91 Å². The zero-order valence-corrected chi connectivity index (χ0v) is 14.2. The average Bonchev–Trinajstić information content (AvgIpc) is 2.86. The Bertz CT molecular complexity index is 719. The van der Waals surface area contributed by atoms with E-state index >= 15 is 0 Å². The Balaban J connectivity index is 1.62. The monoisotopic (exact) mass is 330 g/mol. The van der Waals surface area contributed by atoms with E-state index in [2.05, 4.69) is 20.4 Å². The maximum Gasteiger partial charge on any atom is 0.254 e. The number of anilines is 1. The lowest BCUT2D eigenvalue weighted by atomic mass is 10.2. The first-order chi connectivity index (χ1) is 11.6. The predicted octanol–water partition coefficient (Wildman–Crippen LogP) is 0.594. The Kier molecular flexibility index (Phi) is 4.75. The van der Waals surface area contributed by atoms with E-state index in [4.69, 9.17) is 4.74 Å². The standard InChI is InChI=1S/C16H22N6O2/c1-11-14(12(2)21(3)20-11)10-17-15(23)13-8-18-16(19-9-13)22-4-6-24-7-5-22/h8-9H,4-7,10H2,1-3H3,(H,17,23). The molecule has 2 aromatic rings. The van der Waals surface area contributed by atoms with Crippen LogP contribution >= 0.6 is 0 Å². The number of carbonyl (C=O) groups excluding carboxylic acids is 1. The van der Waals surface area contributed by atoms with E-state index < -0.39 is 0 Å². The number of aromatic nitrogens is 4. The molecule has 0 spiro atoms. The molecule has 8 nitrogen and oxygen atoms in total. The second kappa shape index (κ2) is 6.96. The van der Waals surface area contributed by atoms with Crippen LogP contribution in [-0.4, -0.2) is 52.0 Å². The highest BCUT2D eigenvalue weighted by Gasteiger charge is 2.15. The van der Waals surface area contributed by atoms with Crippen LogP contribution in [0.15, 0.2) is 12.4 Å². The molecule has 1 N–H and O–H groups in total. The number of ether oxygens (including phenoxy) is 1. The maximum atomic E-state index is 12.3. The molecule has 3 heterocycles. The highest BCUT2D eigenvalue weighted by Crippen LogP contribution is 2.12. The van der Waals surface area contributed by atoms with Crippen molar-refractivity contribution in [2.75, 3.05) is 31.2 Å². The first kappa shape index (κ1) is 16.4. The summed E-state index contributed by atoms with van der Waals surface area (Å²) in [6.45, 7) is 7.26. The summed E-state index contributed by atoms with van der Waals surface area (Å²) in [7, 11) is 1.89.